The van der Waals surface area contributed by atoms with Gasteiger partial charge in [-0.15, -0.1) is 6.42 Å². The zero-order chi connectivity index (χ0) is 6.24. The second kappa shape index (κ2) is 5.60. The standard InChI is InChI=1S/C8H6/c1-3-5-7-8-6-4-2/h1,5,7-8H,2H2/b7-5+. The van der Waals surface area contributed by atoms with Crippen LogP contribution in [0.15, 0.2) is 36.3 Å². The van der Waals surface area contributed by atoms with E-state index < -0.39 is 0 Å². The highest BCUT2D eigenvalue weighted by Crippen LogP contribution is 1.68. The van der Waals surface area contributed by atoms with Gasteiger partial charge >= 0.3 is 0 Å². The smallest absolute Gasteiger partial charge is 0.0109 e. The average molecular weight is 102 g/mol. The highest BCUT2D eigenvalue weighted by Gasteiger charge is 1.51. The summed E-state index contributed by atoms with van der Waals surface area (Å²) in [5.41, 5.74) is 5.07. The Morgan fingerprint density at radius 1 is 1.50 bits per heavy atom. The molecule has 0 radical (unpaired) electrons. The first kappa shape index (κ1) is 6.60. The van der Waals surface area contributed by atoms with E-state index >= 15 is 0 Å². The Bertz CT molecular complexity index is 189. The lowest BCUT2D eigenvalue weighted by Gasteiger charge is -1.58. The van der Waals surface area contributed by atoms with Crippen LogP contribution in [-0.2, 0) is 0 Å². The van der Waals surface area contributed by atoms with E-state index in [4.69, 9.17) is 6.42 Å². The highest BCUT2D eigenvalue weighted by molar-refractivity contribution is 5.14. The first-order valence-corrected chi connectivity index (χ1v) is 2.14. The first-order valence-electron chi connectivity index (χ1n) is 2.14. The van der Waals surface area contributed by atoms with Gasteiger partial charge in [-0.25, -0.2) is 0 Å². The predicted molar refractivity (Wildman–Crippen MR) is 35.2 cm³/mol. The fourth-order valence-corrected chi connectivity index (χ4v) is 0.211. The van der Waals surface area contributed by atoms with Crippen molar-refractivity contribution in [2.24, 2.45) is 0 Å². The molecular formula is C8H6. The highest BCUT2D eigenvalue weighted by atomic mass is 13.6. The molecule has 0 aromatic carbocycles. The summed E-state index contributed by atoms with van der Waals surface area (Å²) < 4.78 is 0. The molecule has 0 aliphatic heterocycles. The average Bonchev–Trinajstić information content (AvgIpc) is 1.81. The molecule has 0 aliphatic rings. The summed E-state index contributed by atoms with van der Waals surface area (Å²) in [5.74, 6) is 2.33. The summed E-state index contributed by atoms with van der Waals surface area (Å²) in [6.07, 6.45) is 9.80. The van der Waals surface area contributed by atoms with Crippen LogP contribution in [0.25, 0.3) is 0 Å². The van der Waals surface area contributed by atoms with Crippen molar-refractivity contribution in [3.05, 3.63) is 36.3 Å². The maximum atomic E-state index is 4.89. The zero-order valence-electron chi connectivity index (χ0n) is 4.52. The fraction of sp³-hybridized carbons (Fsp3) is 0. The van der Waals surface area contributed by atoms with Crippen LogP contribution in [0.5, 0.6) is 0 Å². The Labute approximate surface area is 49.5 Å². The first-order chi connectivity index (χ1) is 3.91. The van der Waals surface area contributed by atoms with E-state index in [9.17, 15) is 0 Å². The molecule has 0 aromatic heterocycles. The van der Waals surface area contributed by atoms with Crippen molar-refractivity contribution in [1.82, 2.24) is 0 Å². The molecule has 0 saturated carbocycles. The summed E-state index contributed by atoms with van der Waals surface area (Å²) in [5, 5.41) is 0. The van der Waals surface area contributed by atoms with Crippen LogP contribution < -0.4 is 0 Å². The molecule has 0 aromatic rings. The van der Waals surface area contributed by atoms with E-state index in [1.807, 2.05) is 0 Å². The third-order valence-electron chi connectivity index (χ3n) is 0.474. The number of rotatable bonds is 1. The quantitative estimate of drug-likeness (QED) is 0.268. The molecule has 0 amide bonds. The van der Waals surface area contributed by atoms with Crippen molar-refractivity contribution < 1.29 is 0 Å². The van der Waals surface area contributed by atoms with Crippen molar-refractivity contribution in [2.45, 2.75) is 0 Å². The van der Waals surface area contributed by atoms with Crippen LogP contribution in [0.3, 0.4) is 0 Å². The van der Waals surface area contributed by atoms with Gasteiger partial charge in [0.05, 0.1) is 0 Å². The van der Waals surface area contributed by atoms with Crippen molar-refractivity contribution in [2.75, 3.05) is 0 Å². The van der Waals surface area contributed by atoms with E-state index in [0.29, 0.717) is 0 Å². The van der Waals surface area contributed by atoms with Gasteiger partial charge in [0.1, 0.15) is 0 Å². The molecule has 0 atom stereocenters. The van der Waals surface area contributed by atoms with Crippen LogP contribution in [-0.4, -0.2) is 0 Å². The van der Waals surface area contributed by atoms with Gasteiger partial charge < -0.3 is 0 Å². The SMILES string of the molecule is C#C/C=C/C=C=C=C. The van der Waals surface area contributed by atoms with Crippen molar-refractivity contribution in [3.63, 3.8) is 0 Å². The summed E-state index contributed by atoms with van der Waals surface area (Å²) in [4.78, 5) is 0. The Balaban J connectivity index is 3.82. The molecule has 38 valence electrons. The molecular weight excluding hydrogens is 96.1 g/mol. The van der Waals surface area contributed by atoms with Gasteiger partial charge in [0.2, 0.25) is 0 Å². The van der Waals surface area contributed by atoms with E-state index in [1.54, 1.807) is 18.2 Å². The van der Waals surface area contributed by atoms with Crippen LogP contribution >= 0.6 is 0 Å². The molecule has 8 heavy (non-hydrogen) atoms. The van der Waals surface area contributed by atoms with Crippen molar-refractivity contribution >= 4 is 0 Å². The normalized spacial score (nSPS) is 6.88. The summed E-state index contributed by atoms with van der Waals surface area (Å²) in [6, 6.07) is 0. The minimum Gasteiger partial charge on any atom is -0.115 e. The van der Waals surface area contributed by atoms with Gasteiger partial charge in [-0.05, 0) is 24.8 Å². The van der Waals surface area contributed by atoms with Gasteiger partial charge in [-0.3, -0.25) is 0 Å². The molecule has 0 heteroatoms. The number of hydrogen-bond acceptors (Lipinski definition) is 0. The molecule has 0 aliphatic carbocycles. The third-order valence-corrected chi connectivity index (χ3v) is 0.474. The number of hydrogen-bond donors (Lipinski definition) is 0. The van der Waals surface area contributed by atoms with Gasteiger partial charge in [-0.2, -0.15) is 0 Å². The second-order valence-electron chi connectivity index (χ2n) is 1.01. The Morgan fingerprint density at radius 3 is 2.75 bits per heavy atom. The van der Waals surface area contributed by atoms with E-state index in [0.717, 1.165) is 0 Å². The van der Waals surface area contributed by atoms with Crippen LogP contribution in [0, 0.1) is 12.3 Å². The number of allylic oxidation sites excluding steroid dienone is 3. The van der Waals surface area contributed by atoms with Crippen molar-refractivity contribution in [3.8, 4) is 12.3 Å². The maximum absolute atomic E-state index is 4.89. The van der Waals surface area contributed by atoms with Gasteiger partial charge in [-0.1, -0.05) is 17.4 Å². The van der Waals surface area contributed by atoms with Gasteiger partial charge in [0.15, 0.2) is 0 Å². The Hall–Kier alpha value is -1.40. The monoisotopic (exact) mass is 102 g/mol. The molecule has 0 N–H and O–H groups in total. The van der Waals surface area contributed by atoms with Gasteiger partial charge in [0.25, 0.3) is 0 Å². The van der Waals surface area contributed by atoms with Crippen molar-refractivity contribution in [1.29, 1.82) is 0 Å². The molecule has 0 saturated heterocycles. The lowest BCUT2D eigenvalue weighted by Crippen LogP contribution is -1.41. The van der Waals surface area contributed by atoms with Gasteiger partial charge in [0, 0.05) is 0 Å². The van der Waals surface area contributed by atoms with E-state index in [2.05, 4.69) is 24.0 Å². The molecule has 0 bridgehead atoms. The molecule has 0 rings (SSSR count). The number of terminal acetylenes is 1. The maximum Gasteiger partial charge on any atom is -0.0109 e. The fourth-order valence-electron chi connectivity index (χ4n) is 0.211. The molecule has 0 unspecified atom stereocenters. The summed E-state index contributed by atoms with van der Waals surface area (Å²) in [6.45, 7) is 3.31. The third kappa shape index (κ3) is 4.60. The van der Waals surface area contributed by atoms with Crippen LogP contribution in [0.4, 0.5) is 0 Å². The minimum absolute atomic E-state index is 1.57. The Kier molecular flexibility index (Phi) is 4.62. The topological polar surface area (TPSA) is 0 Å². The van der Waals surface area contributed by atoms with Crippen LogP contribution in [0.1, 0.15) is 0 Å². The largest absolute Gasteiger partial charge is 0.115 e. The molecule has 0 nitrogen and oxygen atoms in total. The van der Waals surface area contributed by atoms with Crippen LogP contribution in [0.2, 0.25) is 0 Å². The minimum atomic E-state index is 1.57. The predicted octanol–water partition coefficient (Wildman–Crippen LogP) is 1.67. The second-order valence-corrected chi connectivity index (χ2v) is 1.01. The molecule has 0 heterocycles. The lowest BCUT2D eigenvalue weighted by molar-refractivity contribution is 2.01. The Morgan fingerprint density at radius 2 is 2.25 bits per heavy atom. The lowest BCUT2D eigenvalue weighted by atomic mass is 10.5. The summed E-state index contributed by atoms with van der Waals surface area (Å²) in [7, 11) is 0. The van der Waals surface area contributed by atoms with E-state index in [1.165, 1.54) is 0 Å². The molecule has 0 spiro atoms. The van der Waals surface area contributed by atoms with E-state index in [-0.39, 0.29) is 0 Å². The summed E-state index contributed by atoms with van der Waals surface area (Å²) >= 11 is 0. The zero-order valence-corrected chi connectivity index (χ0v) is 4.52. The molecule has 0 fully saturated rings.